The molecule has 0 bridgehead atoms. The van der Waals surface area contributed by atoms with E-state index in [9.17, 15) is 9.59 Å². The lowest BCUT2D eigenvalue weighted by Crippen LogP contribution is -2.41. The van der Waals surface area contributed by atoms with Gasteiger partial charge in [-0.25, -0.2) is 4.79 Å². The van der Waals surface area contributed by atoms with Crippen molar-refractivity contribution in [2.45, 2.75) is 13.0 Å². The molecule has 0 aliphatic carbocycles. The number of amides is 3. The molecule has 1 aliphatic rings. The van der Waals surface area contributed by atoms with Gasteiger partial charge in [0.05, 0.1) is 6.54 Å². The second-order valence-corrected chi connectivity index (χ2v) is 5.30. The van der Waals surface area contributed by atoms with Crippen molar-refractivity contribution in [3.63, 3.8) is 0 Å². The van der Waals surface area contributed by atoms with E-state index < -0.39 is 0 Å². The summed E-state index contributed by atoms with van der Waals surface area (Å²) in [6, 6.07) is 7.25. The monoisotopic (exact) mass is 295 g/mol. The SMILES string of the molecule is C[C@H](c1ccccc1Cl)N(C)CC(=O)N1CCNC1=O. The molecular weight excluding hydrogens is 278 g/mol. The Morgan fingerprint density at radius 1 is 1.50 bits per heavy atom. The van der Waals surface area contributed by atoms with Gasteiger partial charge in [0.25, 0.3) is 0 Å². The van der Waals surface area contributed by atoms with Crippen LogP contribution < -0.4 is 5.32 Å². The third-order valence-electron chi connectivity index (χ3n) is 3.56. The normalized spacial score (nSPS) is 16.4. The third kappa shape index (κ3) is 3.11. The Bertz CT molecular complexity index is 521. The summed E-state index contributed by atoms with van der Waals surface area (Å²) in [4.78, 5) is 26.7. The number of urea groups is 1. The summed E-state index contributed by atoms with van der Waals surface area (Å²) in [6.45, 7) is 3.12. The molecule has 20 heavy (non-hydrogen) atoms. The first-order valence-corrected chi connectivity index (χ1v) is 6.91. The molecular formula is C14H18ClN3O2. The number of imide groups is 1. The molecule has 1 aromatic rings. The van der Waals surface area contributed by atoms with Gasteiger partial charge < -0.3 is 5.32 Å². The standard InChI is InChI=1S/C14H18ClN3O2/c1-10(11-5-3-4-6-12(11)15)17(2)9-13(19)18-8-7-16-14(18)20/h3-6,10H,7-9H2,1-2H3,(H,16,20)/t10-/m1/s1. The Balaban J connectivity index is 2.01. The van der Waals surface area contributed by atoms with Crippen LogP contribution in [0.25, 0.3) is 0 Å². The van der Waals surface area contributed by atoms with Gasteiger partial charge in [-0.2, -0.15) is 0 Å². The predicted molar refractivity (Wildman–Crippen MR) is 77.6 cm³/mol. The maximum Gasteiger partial charge on any atom is 0.324 e. The van der Waals surface area contributed by atoms with Gasteiger partial charge in [-0.3, -0.25) is 14.6 Å². The molecule has 1 aliphatic heterocycles. The Kier molecular flexibility index (Phi) is 4.62. The van der Waals surface area contributed by atoms with E-state index in [1.807, 2.05) is 43.1 Å². The molecule has 3 amide bonds. The van der Waals surface area contributed by atoms with Gasteiger partial charge in [-0.05, 0) is 25.6 Å². The summed E-state index contributed by atoms with van der Waals surface area (Å²) in [5.41, 5.74) is 0.968. The molecule has 1 saturated heterocycles. The fourth-order valence-corrected chi connectivity index (χ4v) is 2.49. The lowest BCUT2D eigenvalue weighted by molar-refractivity contribution is -0.128. The highest BCUT2D eigenvalue weighted by Crippen LogP contribution is 2.26. The number of carbonyl (C=O) groups is 2. The smallest absolute Gasteiger partial charge is 0.324 e. The van der Waals surface area contributed by atoms with Crippen LogP contribution in [-0.4, -0.2) is 48.4 Å². The maximum atomic E-state index is 12.1. The van der Waals surface area contributed by atoms with Crippen molar-refractivity contribution in [2.24, 2.45) is 0 Å². The summed E-state index contributed by atoms with van der Waals surface area (Å²) in [7, 11) is 1.85. The van der Waals surface area contributed by atoms with E-state index in [0.717, 1.165) is 5.56 Å². The molecule has 2 rings (SSSR count). The van der Waals surface area contributed by atoms with Crippen LogP contribution in [-0.2, 0) is 4.79 Å². The highest BCUT2D eigenvalue weighted by molar-refractivity contribution is 6.31. The first kappa shape index (κ1) is 14.8. The van der Waals surface area contributed by atoms with Gasteiger partial charge in [-0.1, -0.05) is 29.8 Å². The number of likely N-dealkylation sites (N-methyl/N-ethyl adjacent to an activating group) is 1. The summed E-state index contributed by atoms with van der Waals surface area (Å²) in [6.07, 6.45) is 0. The van der Waals surface area contributed by atoms with Crippen LogP contribution >= 0.6 is 11.6 Å². The summed E-state index contributed by atoms with van der Waals surface area (Å²) in [5.74, 6) is -0.193. The molecule has 5 nitrogen and oxygen atoms in total. The van der Waals surface area contributed by atoms with Crippen LogP contribution in [0.3, 0.4) is 0 Å². The lowest BCUT2D eigenvalue weighted by atomic mass is 10.1. The third-order valence-corrected chi connectivity index (χ3v) is 3.90. The molecule has 6 heteroatoms. The minimum atomic E-state index is -0.311. The average Bonchev–Trinajstić information content (AvgIpc) is 2.84. The quantitative estimate of drug-likeness (QED) is 0.923. The topological polar surface area (TPSA) is 52.7 Å². The predicted octanol–water partition coefficient (Wildman–Crippen LogP) is 1.88. The Labute approximate surface area is 123 Å². The minimum Gasteiger partial charge on any atom is -0.336 e. The number of rotatable bonds is 4. The van der Waals surface area contributed by atoms with Gasteiger partial charge in [-0.15, -0.1) is 0 Å². The number of hydrogen-bond acceptors (Lipinski definition) is 3. The Hall–Kier alpha value is -1.59. The Morgan fingerprint density at radius 3 is 2.80 bits per heavy atom. The van der Waals surface area contributed by atoms with Crippen molar-refractivity contribution in [1.29, 1.82) is 0 Å². The van der Waals surface area contributed by atoms with Crippen LogP contribution in [0.5, 0.6) is 0 Å². The summed E-state index contributed by atoms with van der Waals surface area (Å²) < 4.78 is 0. The molecule has 0 aromatic heterocycles. The molecule has 0 unspecified atom stereocenters. The zero-order valence-electron chi connectivity index (χ0n) is 11.6. The van der Waals surface area contributed by atoms with Crippen molar-refractivity contribution in [3.8, 4) is 0 Å². The van der Waals surface area contributed by atoms with E-state index in [1.54, 1.807) is 0 Å². The van der Waals surface area contributed by atoms with Gasteiger partial charge >= 0.3 is 6.03 Å². The number of hydrogen-bond donors (Lipinski definition) is 1. The van der Waals surface area contributed by atoms with E-state index in [4.69, 9.17) is 11.6 Å². The van der Waals surface area contributed by atoms with Crippen LogP contribution in [0.1, 0.15) is 18.5 Å². The molecule has 0 saturated carbocycles. The molecule has 0 spiro atoms. The second-order valence-electron chi connectivity index (χ2n) is 4.89. The average molecular weight is 296 g/mol. The minimum absolute atomic E-state index is 0.00156. The van der Waals surface area contributed by atoms with E-state index in [-0.39, 0.29) is 24.5 Å². The van der Waals surface area contributed by atoms with E-state index in [2.05, 4.69) is 5.32 Å². The largest absolute Gasteiger partial charge is 0.336 e. The molecule has 1 fully saturated rings. The zero-order valence-corrected chi connectivity index (χ0v) is 12.4. The van der Waals surface area contributed by atoms with Gasteiger partial charge in [0.15, 0.2) is 0 Å². The summed E-state index contributed by atoms with van der Waals surface area (Å²) >= 11 is 6.16. The number of benzene rings is 1. The molecule has 0 radical (unpaired) electrons. The van der Waals surface area contributed by atoms with Gasteiger partial charge in [0, 0.05) is 24.2 Å². The van der Waals surface area contributed by atoms with Crippen molar-refractivity contribution < 1.29 is 9.59 Å². The van der Waals surface area contributed by atoms with E-state index in [1.165, 1.54) is 4.90 Å². The van der Waals surface area contributed by atoms with E-state index >= 15 is 0 Å². The van der Waals surface area contributed by atoms with Gasteiger partial charge in [0.2, 0.25) is 5.91 Å². The number of halogens is 1. The van der Waals surface area contributed by atoms with E-state index in [0.29, 0.717) is 18.1 Å². The van der Waals surface area contributed by atoms with Crippen LogP contribution in [0, 0.1) is 0 Å². The lowest BCUT2D eigenvalue weighted by Gasteiger charge is -2.26. The van der Waals surface area contributed by atoms with Crippen molar-refractivity contribution in [2.75, 3.05) is 26.7 Å². The van der Waals surface area contributed by atoms with Crippen LogP contribution in [0.15, 0.2) is 24.3 Å². The number of nitrogens with zero attached hydrogens (tertiary/aromatic N) is 2. The highest BCUT2D eigenvalue weighted by Gasteiger charge is 2.27. The number of carbonyl (C=O) groups excluding carboxylic acids is 2. The molecule has 1 heterocycles. The molecule has 1 N–H and O–H groups in total. The van der Waals surface area contributed by atoms with Crippen LogP contribution in [0.4, 0.5) is 4.79 Å². The van der Waals surface area contributed by atoms with Crippen LogP contribution in [0.2, 0.25) is 5.02 Å². The van der Waals surface area contributed by atoms with Gasteiger partial charge in [0.1, 0.15) is 0 Å². The molecule has 1 atom stereocenters. The second kappa shape index (κ2) is 6.24. The highest BCUT2D eigenvalue weighted by atomic mass is 35.5. The first-order valence-electron chi connectivity index (χ1n) is 6.53. The number of nitrogens with one attached hydrogen (secondary N) is 1. The summed E-state index contributed by atoms with van der Waals surface area (Å²) in [5, 5.41) is 3.30. The fourth-order valence-electron chi connectivity index (χ4n) is 2.20. The van der Waals surface area contributed by atoms with Crippen molar-refractivity contribution >= 4 is 23.5 Å². The molecule has 1 aromatic carbocycles. The molecule has 108 valence electrons. The zero-order chi connectivity index (χ0) is 14.7. The Morgan fingerprint density at radius 2 is 2.20 bits per heavy atom. The van der Waals surface area contributed by atoms with Crippen molar-refractivity contribution in [1.82, 2.24) is 15.1 Å². The van der Waals surface area contributed by atoms with Crippen molar-refractivity contribution in [3.05, 3.63) is 34.9 Å². The maximum absolute atomic E-state index is 12.1. The first-order chi connectivity index (χ1) is 9.50. The fraction of sp³-hybridized carbons (Fsp3) is 0.429.